The van der Waals surface area contributed by atoms with E-state index in [-0.39, 0.29) is 54.7 Å². The predicted molar refractivity (Wildman–Crippen MR) is 223 cm³/mol. The molecular formula is C43H52BrN7O5. The summed E-state index contributed by atoms with van der Waals surface area (Å²) in [6.45, 7) is 7.81. The molecule has 56 heavy (non-hydrogen) atoms. The van der Waals surface area contributed by atoms with Crippen LogP contribution in [0, 0.1) is 5.92 Å². The smallest absolute Gasteiger partial charge is 0.321 e. The lowest BCUT2D eigenvalue weighted by Crippen LogP contribution is -2.55. The number of anilines is 1. The fourth-order valence-electron chi connectivity index (χ4n) is 5.76. The monoisotopic (exact) mass is 825 g/mol. The summed E-state index contributed by atoms with van der Waals surface area (Å²) in [4.78, 5) is 66.9. The molecule has 0 radical (unpaired) electrons. The van der Waals surface area contributed by atoms with Gasteiger partial charge in [0.2, 0.25) is 11.8 Å². The van der Waals surface area contributed by atoms with Crippen LogP contribution in [-0.2, 0) is 22.6 Å². The maximum absolute atomic E-state index is 13.7. The van der Waals surface area contributed by atoms with Crippen LogP contribution in [0.5, 0.6) is 0 Å². The number of nitrogens with zero attached hydrogens (tertiary/aromatic N) is 1. The van der Waals surface area contributed by atoms with Crippen LogP contribution in [0.25, 0.3) is 0 Å². The lowest BCUT2D eigenvalue weighted by Gasteiger charge is -2.25. The van der Waals surface area contributed by atoms with Crippen molar-refractivity contribution in [1.82, 2.24) is 31.5 Å². The maximum Gasteiger partial charge on any atom is 0.321 e. The molecule has 0 spiro atoms. The van der Waals surface area contributed by atoms with Crippen molar-refractivity contribution in [3.63, 3.8) is 0 Å². The molecule has 0 heterocycles. The molecule has 0 bridgehead atoms. The van der Waals surface area contributed by atoms with E-state index in [1.54, 1.807) is 51.4 Å². The molecule has 13 heteroatoms. The molecular weight excluding hydrogens is 774 g/mol. The van der Waals surface area contributed by atoms with Crippen molar-refractivity contribution in [1.29, 1.82) is 0 Å². The van der Waals surface area contributed by atoms with E-state index in [2.05, 4.69) is 47.8 Å². The number of benzene rings is 4. The first-order chi connectivity index (χ1) is 26.7. The number of urea groups is 1. The molecule has 296 valence electrons. The Morgan fingerprint density at radius 1 is 0.679 bits per heavy atom. The van der Waals surface area contributed by atoms with Crippen LogP contribution in [0.2, 0.25) is 0 Å². The molecule has 0 aliphatic carbocycles. The molecule has 6 N–H and O–H groups in total. The Kier molecular flexibility index (Phi) is 16.2. The van der Waals surface area contributed by atoms with E-state index >= 15 is 0 Å². The molecule has 0 fully saturated rings. The first-order valence-electron chi connectivity index (χ1n) is 18.6. The molecule has 0 aliphatic heterocycles. The second-order valence-corrected chi connectivity index (χ2v) is 15.2. The maximum atomic E-state index is 13.7. The zero-order valence-electron chi connectivity index (χ0n) is 32.7. The van der Waals surface area contributed by atoms with Crippen molar-refractivity contribution in [2.45, 2.75) is 64.8 Å². The third-order valence-corrected chi connectivity index (χ3v) is 9.58. The summed E-state index contributed by atoms with van der Waals surface area (Å²) in [7, 11) is 3.31. The molecule has 0 aromatic heterocycles. The van der Waals surface area contributed by atoms with Gasteiger partial charge in [-0.3, -0.25) is 19.2 Å². The van der Waals surface area contributed by atoms with E-state index in [1.807, 2.05) is 93.6 Å². The quantitative estimate of drug-likeness (QED) is 0.0789. The minimum atomic E-state index is -0.788. The van der Waals surface area contributed by atoms with Crippen LogP contribution in [0.3, 0.4) is 0 Å². The number of nitrogens with one attached hydrogen (secondary N) is 6. The van der Waals surface area contributed by atoms with Gasteiger partial charge in [0.15, 0.2) is 0 Å². The highest BCUT2D eigenvalue weighted by atomic mass is 79.9. The number of hydrogen-bond donors (Lipinski definition) is 6. The second-order valence-electron chi connectivity index (χ2n) is 14.3. The zero-order chi connectivity index (χ0) is 40.8. The Morgan fingerprint density at radius 2 is 1.27 bits per heavy atom. The predicted octanol–water partition coefficient (Wildman–Crippen LogP) is 5.81. The summed E-state index contributed by atoms with van der Waals surface area (Å²) in [5.74, 6) is -1.57. The Morgan fingerprint density at radius 3 is 1.86 bits per heavy atom. The van der Waals surface area contributed by atoms with Crippen molar-refractivity contribution in [3.05, 3.63) is 135 Å². The van der Waals surface area contributed by atoms with Gasteiger partial charge in [-0.25, -0.2) is 4.79 Å². The highest BCUT2D eigenvalue weighted by Gasteiger charge is 2.27. The normalized spacial score (nSPS) is 13.1. The van der Waals surface area contributed by atoms with Crippen molar-refractivity contribution >= 4 is 51.3 Å². The lowest BCUT2D eigenvalue weighted by molar-refractivity contribution is -0.131. The summed E-state index contributed by atoms with van der Waals surface area (Å²) >= 11 is 3.46. The van der Waals surface area contributed by atoms with Gasteiger partial charge in [0.25, 0.3) is 11.8 Å². The average molecular weight is 827 g/mol. The van der Waals surface area contributed by atoms with Gasteiger partial charge in [-0.2, -0.15) is 0 Å². The Balaban J connectivity index is 1.37. The summed E-state index contributed by atoms with van der Waals surface area (Å²) in [6, 6.07) is 29.0. The number of carbonyl (C=O) groups is 5. The van der Waals surface area contributed by atoms with Gasteiger partial charge < -0.3 is 36.8 Å². The third kappa shape index (κ3) is 13.3. The second kappa shape index (κ2) is 21.0. The Bertz CT molecular complexity index is 1940. The van der Waals surface area contributed by atoms with Crippen molar-refractivity contribution in [3.8, 4) is 0 Å². The first kappa shape index (κ1) is 43.2. The molecule has 4 aromatic carbocycles. The summed E-state index contributed by atoms with van der Waals surface area (Å²) in [5, 5.41) is 17.9. The van der Waals surface area contributed by atoms with Crippen LogP contribution >= 0.6 is 15.9 Å². The number of carbonyl (C=O) groups excluding carboxylic acids is 5. The number of halogens is 1. The van der Waals surface area contributed by atoms with Gasteiger partial charge >= 0.3 is 6.03 Å². The van der Waals surface area contributed by atoms with Gasteiger partial charge in [-0.1, -0.05) is 103 Å². The first-order valence-corrected chi connectivity index (χ1v) is 19.4. The van der Waals surface area contributed by atoms with Crippen LogP contribution in [0.1, 0.15) is 71.1 Å². The fourth-order valence-corrected chi connectivity index (χ4v) is 6.26. The molecule has 0 saturated heterocycles. The highest BCUT2D eigenvalue weighted by molar-refractivity contribution is 9.10. The van der Waals surface area contributed by atoms with Crippen molar-refractivity contribution in [2.75, 3.05) is 26.0 Å². The molecule has 4 atom stereocenters. The number of hydrogen-bond acceptors (Lipinski definition) is 6. The van der Waals surface area contributed by atoms with E-state index in [1.165, 1.54) is 4.90 Å². The van der Waals surface area contributed by atoms with Gasteiger partial charge in [0.1, 0.15) is 6.04 Å². The Labute approximate surface area is 337 Å². The standard InChI is InChI=1S/C43H52BrN7O5/c1-27(2)38(42(55)46-25-31-17-19-36(20-18-31)49-43(56)51(5)6)50-39(52)29(4)45-26-37(21-30-13-9-7-10-14-30)48-41(54)34-22-33(23-35(44)24-34)40(53)47-28(3)32-15-11-8-12-16-32/h7-20,22-24,27-29,37-38,45H,21,25-26H2,1-6H3,(H,46,55)(H,47,53)(H,48,54)(H,49,56)(H,50,52)/t28-,29+,37+,38+/m1/s1. The van der Waals surface area contributed by atoms with Crippen molar-refractivity contribution < 1.29 is 24.0 Å². The Hall–Kier alpha value is -5.53. The molecule has 4 rings (SSSR count). The average Bonchev–Trinajstić information content (AvgIpc) is 3.18. The molecule has 0 saturated carbocycles. The summed E-state index contributed by atoms with van der Waals surface area (Å²) in [5.41, 5.74) is 4.06. The largest absolute Gasteiger partial charge is 0.350 e. The zero-order valence-corrected chi connectivity index (χ0v) is 34.3. The third-order valence-electron chi connectivity index (χ3n) is 9.12. The highest BCUT2D eigenvalue weighted by Crippen LogP contribution is 2.19. The summed E-state index contributed by atoms with van der Waals surface area (Å²) < 4.78 is 0.581. The van der Waals surface area contributed by atoms with E-state index in [4.69, 9.17) is 0 Å². The van der Waals surface area contributed by atoms with Crippen LogP contribution in [0.4, 0.5) is 10.5 Å². The molecule has 12 nitrogen and oxygen atoms in total. The van der Waals surface area contributed by atoms with E-state index < -0.39 is 18.1 Å². The van der Waals surface area contributed by atoms with E-state index in [9.17, 15) is 24.0 Å². The van der Waals surface area contributed by atoms with E-state index in [0.717, 1.165) is 16.7 Å². The molecule has 4 aromatic rings. The van der Waals surface area contributed by atoms with Crippen molar-refractivity contribution in [2.24, 2.45) is 5.92 Å². The molecule has 0 unspecified atom stereocenters. The molecule has 0 aliphatic rings. The SMILES string of the molecule is CC(C)[C@H](NC(=O)[C@H](C)NC[C@H](Cc1ccccc1)NC(=O)c1cc(Br)cc(C(=O)N[C@H](C)c2ccccc2)c1)C(=O)NCc1ccc(NC(=O)N(C)C)cc1. The van der Waals surface area contributed by atoms with Gasteiger partial charge in [0.05, 0.1) is 12.1 Å². The number of amides is 6. The van der Waals surface area contributed by atoms with E-state index in [0.29, 0.717) is 27.7 Å². The fraction of sp³-hybridized carbons (Fsp3) is 0.326. The van der Waals surface area contributed by atoms with Gasteiger partial charge in [0, 0.05) is 54.5 Å². The van der Waals surface area contributed by atoms with Gasteiger partial charge in [-0.05, 0) is 73.2 Å². The van der Waals surface area contributed by atoms with Crippen LogP contribution in [0.15, 0.2) is 108 Å². The van der Waals surface area contributed by atoms with Crippen LogP contribution < -0.4 is 31.9 Å². The summed E-state index contributed by atoms with van der Waals surface area (Å²) in [6.07, 6.45) is 0.476. The lowest BCUT2D eigenvalue weighted by atomic mass is 10.0. The van der Waals surface area contributed by atoms with Gasteiger partial charge in [-0.15, -0.1) is 0 Å². The minimum absolute atomic E-state index is 0.196. The van der Waals surface area contributed by atoms with Crippen LogP contribution in [-0.4, -0.2) is 73.3 Å². The number of rotatable bonds is 17. The topological polar surface area (TPSA) is 161 Å². The minimum Gasteiger partial charge on any atom is -0.350 e. The molecule has 6 amide bonds.